The van der Waals surface area contributed by atoms with Gasteiger partial charge in [-0.25, -0.2) is 4.98 Å². The highest BCUT2D eigenvalue weighted by Gasteiger charge is 2.01. The van der Waals surface area contributed by atoms with Crippen LogP contribution in [0.5, 0.6) is 0 Å². The van der Waals surface area contributed by atoms with Crippen molar-refractivity contribution in [3.63, 3.8) is 0 Å². The molecule has 5 heteroatoms. The number of hydrogen-bond acceptors (Lipinski definition) is 3. The van der Waals surface area contributed by atoms with Gasteiger partial charge >= 0.3 is 0 Å². The average Bonchev–Trinajstić information content (AvgIpc) is 2.33. The molecule has 0 aliphatic rings. The molecule has 1 aromatic carbocycles. The number of hydrogen-bond donors (Lipinski definition) is 1. The third kappa shape index (κ3) is 2.94. The van der Waals surface area contributed by atoms with E-state index < -0.39 is 0 Å². The van der Waals surface area contributed by atoms with Gasteiger partial charge in [-0.15, -0.1) is 0 Å². The molecule has 0 spiro atoms. The van der Waals surface area contributed by atoms with Gasteiger partial charge in [-0.3, -0.25) is 4.79 Å². The maximum absolute atomic E-state index is 11.7. The zero-order valence-corrected chi connectivity index (χ0v) is 10.9. The van der Waals surface area contributed by atoms with Gasteiger partial charge in [-0.05, 0) is 17.7 Å². The lowest BCUT2D eigenvalue weighted by atomic mass is 10.2. The van der Waals surface area contributed by atoms with Crippen molar-refractivity contribution in [1.82, 2.24) is 9.55 Å². The lowest BCUT2D eigenvalue weighted by Crippen LogP contribution is -2.21. The van der Waals surface area contributed by atoms with Gasteiger partial charge < -0.3 is 9.88 Å². The normalized spacial score (nSPS) is 10.2. The summed E-state index contributed by atoms with van der Waals surface area (Å²) in [4.78, 5) is 15.7. The van der Waals surface area contributed by atoms with E-state index in [2.05, 4.69) is 26.2 Å². The van der Waals surface area contributed by atoms with Gasteiger partial charge in [0.05, 0.1) is 0 Å². The van der Waals surface area contributed by atoms with Crippen LogP contribution in [-0.4, -0.2) is 9.55 Å². The van der Waals surface area contributed by atoms with Gasteiger partial charge in [0, 0.05) is 30.5 Å². The summed E-state index contributed by atoms with van der Waals surface area (Å²) in [7, 11) is 1.70. The summed E-state index contributed by atoms with van der Waals surface area (Å²) in [6.07, 6.45) is 3.23. The standard InChI is InChI=1S/C12H12BrN3O/c1-16-7-6-14-11(12(16)17)15-8-9-2-4-10(13)5-3-9/h2-7H,8H2,1H3,(H,14,15). The van der Waals surface area contributed by atoms with Gasteiger partial charge in [-0.1, -0.05) is 28.1 Å². The summed E-state index contributed by atoms with van der Waals surface area (Å²) < 4.78 is 2.53. The zero-order chi connectivity index (χ0) is 12.3. The summed E-state index contributed by atoms with van der Waals surface area (Å²) in [5.74, 6) is 0.373. The highest BCUT2D eigenvalue weighted by Crippen LogP contribution is 2.11. The van der Waals surface area contributed by atoms with Crippen LogP contribution in [0.15, 0.2) is 45.9 Å². The van der Waals surface area contributed by atoms with Crippen LogP contribution in [0.3, 0.4) is 0 Å². The zero-order valence-electron chi connectivity index (χ0n) is 9.35. The van der Waals surface area contributed by atoms with E-state index in [-0.39, 0.29) is 5.56 Å². The van der Waals surface area contributed by atoms with Gasteiger partial charge in [0.25, 0.3) is 5.56 Å². The van der Waals surface area contributed by atoms with E-state index in [4.69, 9.17) is 0 Å². The average molecular weight is 294 g/mol. The van der Waals surface area contributed by atoms with Gasteiger partial charge in [0.2, 0.25) is 0 Å². The fourth-order valence-electron chi connectivity index (χ4n) is 1.41. The van der Waals surface area contributed by atoms with Crippen LogP contribution in [0.1, 0.15) is 5.56 Å². The monoisotopic (exact) mass is 293 g/mol. The van der Waals surface area contributed by atoms with Gasteiger partial charge in [-0.2, -0.15) is 0 Å². The summed E-state index contributed by atoms with van der Waals surface area (Å²) >= 11 is 3.38. The largest absolute Gasteiger partial charge is 0.361 e. The number of nitrogens with zero attached hydrogens (tertiary/aromatic N) is 2. The Bertz CT molecular complexity index is 563. The molecule has 0 saturated heterocycles. The molecule has 0 fully saturated rings. The van der Waals surface area contributed by atoms with Crippen molar-refractivity contribution >= 4 is 21.7 Å². The number of aryl methyl sites for hydroxylation is 1. The second kappa shape index (κ2) is 5.14. The second-order valence-electron chi connectivity index (χ2n) is 3.67. The maximum Gasteiger partial charge on any atom is 0.293 e. The highest BCUT2D eigenvalue weighted by atomic mass is 79.9. The molecule has 4 nitrogen and oxygen atoms in total. The Kier molecular flexibility index (Phi) is 3.58. The number of nitrogens with one attached hydrogen (secondary N) is 1. The van der Waals surface area contributed by atoms with E-state index in [1.54, 1.807) is 19.4 Å². The van der Waals surface area contributed by atoms with Crippen molar-refractivity contribution in [2.24, 2.45) is 7.05 Å². The fraction of sp³-hybridized carbons (Fsp3) is 0.167. The Morgan fingerprint density at radius 2 is 2.06 bits per heavy atom. The first-order chi connectivity index (χ1) is 8.16. The van der Waals surface area contributed by atoms with Crippen molar-refractivity contribution in [3.05, 3.63) is 57.0 Å². The minimum atomic E-state index is -0.121. The van der Waals surface area contributed by atoms with Crippen LogP contribution in [0.25, 0.3) is 0 Å². The molecule has 17 heavy (non-hydrogen) atoms. The Hall–Kier alpha value is -1.62. The molecule has 0 bridgehead atoms. The molecule has 0 aliphatic heterocycles. The first-order valence-electron chi connectivity index (χ1n) is 5.17. The van der Waals surface area contributed by atoms with Crippen molar-refractivity contribution in [3.8, 4) is 0 Å². The molecule has 1 heterocycles. The van der Waals surface area contributed by atoms with Crippen LogP contribution in [0.2, 0.25) is 0 Å². The van der Waals surface area contributed by atoms with Crippen molar-refractivity contribution < 1.29 is 0 Å². The molecule has 0 amide bonds. The van der Waals surface area contributed by atoms with Crippen LogP contribution in [-0.2, 0) is 13.6 Å². The lowest BCUT2D eigenvalue weighted by molar-refractivity contribution is 0.839. The third-order valence-electron chi connectivity index (χ3n) is 2.39. The summed E-state index contributed by atoms with van der Waals surface area (Å²) in [6.45, 7) is 0.583. The number of anilines is 1. The van der Waals surface area contributed by atoms with E-state index in [1.807, 2.05) is 24.3 Å². The Morgan fingerprint density at radius 1 is 1.35 bits per heavy atom. The Morgan fingerprint density at radius 3 is 2.76 bits per heavy atom. The lowest BCUT2D eigenvalue weighted by Gasteiger charge is -2.06. The predicted molar refractivity (Wildman–Crippen MR) is 70.9 cm³/mol. The van der Waals surface area contributed by atoms with Gasteiger partial charge in [0.1, 0.15) is 0 Å². The summed E-state index contributed by atoms with van der Waals surface area (Å²) in [5.41, 5.74) is 0.977. The topological polar surface area (TPSA) is 46.9 Å². The molecular formula is C12H12BrN3O. The summed E-state index contributed by atoms with van der Waals surface area (Å²) in [6, 6.07) is 7.91. The quantitative estimate of drug-likeness (QED) is 0.943. The fourth-order valence-corrected chi connectivity index (χ4v) is 1.67. The van der Waals surface area contributed by atoms with Crippen LogP contribution in [0.4, 0.5) is 5.82 Å². The smallest absolute Gasteiger partial charge is 0.293 e. The molecule has 2 rings (SSSR count). The molecule has 0 unspecified atom stereocenters. The van der Waals surface area contributed by atoms with Crippen molar-refractivity contribution in [2.75, 3.05) is 5.32 Å². The van der Waals surface area contributed by atoms with Crippen molar-refractivity contribution in [1.29, 1.82) is 0 Å². The molecular weight excluding hydrogens is 282 g/mol. The van der Waals surface area contributed by atoms with Crippen LogP contribution >= 0.6 is 15.9 Å². The third-order valence-corrected chi connectivity index (χ3v) is 2.92. The molecule has 1 N–H and O–H groups in total. The second-order valence-corrected chi connectivity index (χ2v) is 4.59. The molecule has 0 atom stereocenters. The Balaban J connectivity index is 2.10. The molecule has 0 aliphatic carbocycles. The van der Waals surface area contributed by atoms with Crippen LogP contribution in [0, 0.1) is 0 Å². The van der Waals surface area contributed by atoms with E-state index >= 15 is 0 Å². The first-order valence-corrected chi connectivity index (χ1v) is 5.96. The molecule has 2 aromatic rings. The molecule has 1 aromatic heterocycles. The SMILES string of the molecule is Cn1ccnc(NCc2ccc(Br)cc2)c1=O. The number of aromatic nitrogens is 2. The van der Waals surface area contributed by atoms with E-state index in [0.29, 0.717) is 12.4 Å². The van der Waals surface area contributed by atoms with Crippen LogP contribution < -0.4 is 10.9 Å². The van der Waals surface area contributed by atoms with E-state index in [9.17, 15) is 4.79 Å². The first kappa shape index (κ1) is 11.9. The number of benzene rings is 1. The number of halogens is 1. The Labute approximate surface area is 107 Å². The molecule has 0 radical (unpaired) electrons. The minimum Gasteiger partial charge on any atom is -0.361 e. The predicted octanol–water partition coefficient (Wildman–Crippen LogP) is 2.15. The maximum atomic E-state index is 11.7. The van der Waals surface area contributed by atoms with Gasteiger partial charge in [0.15, 0.2) is 5.82 Å². The summed E-state index contributed by atoms with van der Waals surface area (Å²) in [5, 5.41) is 3.03. The minimum absolute atomic E-state index is 0.121. The highest BCUT2D eigenvalue weighted by molar-refractivity contribution is 9.10. The molecule has 88 valence electrons. The van der Waals surface area contributed by atoms with E-state index in [1.165, 1.54) is 4.57 Å². The van der Waals surface area contributed by atoms with Crippen molar-refractivity contribution in [2.45, 2.75) is 6.54 Å². The molecule has 0 saturated carbocycles. The number of rotatable bonds is 3. The van der Waals surface area contributed by atoms with E-state index in [0.717, 1.165) is 10.0 Å².